The highest BCUT2D eigenvalue weighted by Crippen LogP contribution is 2.42. The van der Waals surface area contributed by atoms with Crippen LogP contribution >= 0.6 is 46.4 Å². The molecule has 0 amide bonds. The Morgan fingerprint density at radius 2 is 1.23 bits per heavy atom. The van der Waals surface area contributed by atoms with E-state index in [-0.39, 0.29) is 38.2 Å². The number of hydrogen-bond acceptors (Lipinski definition) is 4. The molecule has 0 radical (unpaired) electrons. The van der Waals surface area contributed by atoms with Crippen molar-refractivity contribution in [1.29, 1.82) is 0 Å². The van der Waals surface area contributed by atoms with Gasteiger partial charge in [-0.05, 0) is 25.3 Å². The van der Waals surface area contributed by atoms with Gasteiger partial charge in [-0.25, -0.2) is 0 Å². The summed E-state index contributed by atoms with van der Waals surface area (Å²) in [7, 11) is 0. The third kappa shape index (κ3) is 11.1. The van der Waals surface area contributed by atoms with Crippen LogP contribution in [0.1, 0.15) is 84.0 Å². The molecule has 0 aliphatic carbocycles. The second-order valence-corrected chi connectivity index (χ2v) is 8.74. The number of halogens is 4. The Morgan fingerprint density at radius 1 is 0.733 bits per heavy atom. The van der Waals surface area contributed by atoms with Gasteiger partial charge in [0.25, 0.3) is 0 Å². The first-order chi connectivity index (χ1) is 14.4. The second kappa shape index (κ2) is 16.0. The molecule has 0 unspecified atom stereocenters. The Kier molecular flexibility index (Phi) is 14.6. The summed E-state index contributed by atoms with van der Waals surface area (Å²) in [6.07, 6.45) is 10.6. The lowest BCUT2D eigenvalue weighted by Gasteiger charge is -2.10. The molecule has 0 aliphatic rings. The summed E-state index contributed by atoms with van der Waals surface area (Å²) in [5.41, 5.74) is 0. The van der Waals surface area contributed by atoms with E-state index in [1.807, 2.05) is 0 Å². The number of ether oxygens (including phenoxy) is 2. The number of carbonyl (C=O) groups is 2. The van der Waals surface area contributed by atoms with Crippen molar-refractivity contribution in [2.45, 2.75) is 84.0 Å². The first-order valence-electron chi connectivity index (χ1n) is 10.6. The maximum absolute atomic E-state index is 12.0. The normalized spacial score (nSPS) is 10.8. The molecule has 8 heteroatoms. The molecule has 0 bridgehead atoms. The summed E-state index contributed by atoms with van der Waals surface area (Å²) < 4.78 is 10.5. The zero-order valence-electron chi connectivity index (χ0n) is 17.4. The summed E-state index contributed by atoms with van der Waals surface area (Å²) in [4.78, 5) is 23.6. The van der Waals surface area contributed by atoms with Gasteiger partial charge in [0.2, 0.25) is 0 Å². The minimum Gasteiger partial charge on any atom is -0.466 e. The quantitative estimate of drug-likeness (QED) is 0.105. The van der Waals surface area contributed by atoms with Crippen molar-refractivity contribution in [2.24, 2.45) is 0 Å². The SMILES string of the molecule is CCCCCCOC(=O)CCCCCCCCC(=O)Oc1c(Cl)c(Cl)cc(Cl)c1Cl. The average molecular weight is 500 g/mol. The van der Waals surface area contributed by atoms with Gasteiger partial charge >= 0.3 is 11.9 Å². The fourth-order valence-corrected chi connectivity index (χ4v) is 3.71. The van der Waals surface area contributed by atoms with Gasteiger partial charge in [-0.3, -0.25) is 9.59 Å². The van der Waals surface area contributed by atoms with Gasteiger partial charge in [0.1, 0.15) is 10.0 Å². The molecule has 0 saturated carbocycles. The molecule has 1 rings (SSSR count). The van der Waals surface area contributed by atoms with E-state index in [0.29, 0.717) is 19.4 Å². The molecule has 0 atom stereocenters. The van der Waals surface area contributed by atoms with Gasteiger partial charge in [0.15, 0.2) is 5.75 Å². The van der Waals surface area contributed by atoms with Crippen LogP contribution in [0.4, 0.5) is 0 Å². The van der Waals surface area contributed by atoms with Crippen molar-refractivity contribution in [1.82, 2.24) is 0 Å². The zero-order valence-corrected chi connectivity index (χ0v) is 20.4. The second-order valence-electron chi connectivity index (χ2n) is 7.17. The molecular formula is C22H30Cl4O4. The lowest BCUT2D eigenvalue weighted by atomic mass is 10.1. The van der Waals surface area contributed by atoms with Crippen molar-refractivity contribution in [3.63, 3.8) is 0 Å². The monoisotopic (exact) mass is 498 g/mol. The van der Waals surface area contributed by atoms with Crippen molar-refractivity contribution in [3.8, 4) is 5.75 Å². The summed E-state index contributed by atoms with van der Waals surface area (Å²) in [6, 6.07) is 1.40. The lowest BCUT2D eigenvalue weighted by Crippen LogP contribution is -2.08. The number of carbonyl (C=O) groups excluding carboxylic acids is 2. The topological polar surface area (TPSA) is 52.6 Å². The molecule has 0 aliphatic heterocycles. The van der Waals surface area contributed by atoms with Crippen LogP contribution in [-0.2, 0) is 14.3 Å². The highest BCUT2D eigenvalue weighted by molar-refractivity contribution is 6.48. The number of rotatable bonds is 15. The van der Waals surface area contributed by atoms with E-state index in [4.69, 9.17) is 55.9 Å². The molecule has 170 valence electrons. The van der Waals surface area contributed by atoms with E-state index in [1.54, 1.807) is 0 Å². The van der Waals surface area contributed by atoms with Crippen LogP contribution in [0.25, 0.3) is 0 Å². The Balaban J connectivity index is 2.08. The Morgan fingerprint density at radius 3 is 1.80 bits per heavy atom. The Hall–Kier alpha value is -0.680. The number of benzene rings is 1. The molecule has 0 fully saturated rings. The van der Waals surface area contributed by atoms with Crippen LogP contribution in [0.15, 0.2) is 6.07 Å². The highest BCUT2D eigenvalue weighted by atomic mass is 35.5. The maximum Gasteiger partial charge on any atom is 0.311 e. The first-order valence-corrected chi connectivity index (χ1v) is 12.1. The molecule has 0 spiro atoms. The van der Waals surface area contributed by atoms with Crippen LogP contribution in [0.3, 0.4) is 0 Å². The number of unbranched alkanes of at least 4 members (excludes halogenated alkanes) is 8. The summed E-state index contributed by atoms with van der Waals surface area (Å²) >= 11 is 23.9. The van der Waals surface area contributed by atoms with Crippen molar-refractivity contribution in [2.75, 3.05) is 6.61 Å². The molecule has 0 heterocycles. The highest BCUT2D eigenvalue weighted by Gasteiger charge is 2.18. The van der Waals surface area contributed by atoms with Gasteiger partial charge in [-0.2, -0.15) is 0 Å². The van der Waals surface area contributed by atoms with E-state index in [1.165, 1.54) is 18.9 Å². The third-order valence-electron chi connectivity index (χ3n) is 4.56. The van der Waals surface area contributed by atoms with Gasteiger partial charge < -0.3 is 9.47 Å². The molecule has 0 aromatic heterocycles. The lowest BCUT2D eigenvalue weighted by molar-refractivity contribution is -0.144. The third-order valence-corrected chi connectivity index (χ3v) is 6.10. The summed E-state index contributed by atoms with van der Waals surface area (Å²) in [6.45, 7) is 2.69. The molecule has 0 saturated heterocycles. The number of hydrogen-bond donors (Lipinski definition) is 0. The van der Waals surface area contributed by atoms with Crippen molar-refractivity contribution in [3.05, 3.63) is 26.2 Å². The predicted octanol–water partition coefficient (Wildman–Crippen LogP) is 8.45. The smallest absolute Gasteiger partial charge is 0.311 e. The van der Waals surface area contributed by atoms with Gasteiger partial charge in [-0.1, -0.05) is 98.3 Å². The minimum atomic E-state index is -0.432. The van der Waals surface area contributed by atoms with Crippen LogP contribution < -0.4 is 4.74 Å². The summed E-state index contributed by atoms with van der Waals surface area (Å²) in [5, 5.41) is 0.487. The van der Waals surface area contributed by atoms with E-state index in [9.17, 15) is 9.59 Å². The van der Waals surface area contributed by atoms with E-state index in [2.05, 4.69) is 6.92 Å². The molecular weight excluding hydrogens is 470 g/mol. The van der Waals surface area contributed by atoms with Crippen molar-refractivity contribution < 1.29 is 19.1 Å². The molecule has 1 aromatic rings. The predicted molar refractivity (Wildman–Crippen MR) is 124 cm³/mol. The molecule has 0 N–H and O–H groups in total. The van der Waals surface area contributed by atoms with Crippen LogP contribution in [0.2, 0.25) is 20.1 Å². The van der Waals surface area contributed by atoms with E-state index < -0.39 is 5.97 Å². The van der Waals surface area contributed by atoms with Gasteiger partial charge in [0, 0.05) is 12.8 Å². The molecule has 4 nitrogen and oxygen atoms in total. The molecule has 1 aromatic carbocycles. The van der Waals surface area contributed by atoms with Crippen LogP contribution in [0, 0.1) is 0 Å². The van der Waals surface area contributed by atoms with Gasteiger partial charge in [-0.15, -0.1) is 0 Å². The van der Waals surface area contributed by atoms with E-state index in [0.717, 1.165) is 44.9 Å². The Bertz CT molecular complexity index is 653. The average Bonchev–Trinajstić information content (AvgIpc) is 2.71. The molecule has 30 heavy (non-hydrogen) atoms. The van der Waals surface area contributed by atoms with Crippen LogP contribution in [0.5, 0.6) is 5.75 Å². The number of esters is 2. The minimum absolute atomic E-state index is 0.00178. The zero-order chi connectivity index (χ0) is 22.4. The van der Waals surface area contributed by atoms with Crippen LogP contribution in [-0.4, -0.2) is 18.5 Å². The fraction of sp³-hybridized carbons (Fsp3) is 0.636. The van der Waals surface area contributed by atoms with Crippen molar-refractivity contribution >= 4 is 58.3 Å². The largest absolute Gasteiger partial charge is 0.466 e. The fourth-order valence-electron chi connectivity index (χ4n) is 2.84. The maximum atomic E-state index is 12.0. The first kappa shape index (κ1) is 27.4. The Labute approximate surface area is 199 Å². The summed E-state index contributed by atoms with van der Waals surface area (Å²) in [5.74, 6) is -0.537. The standard InChI is InChI=1S/C22H30Cl4O4/c1-2-3-4-11-14-29-18(27)12-9-7-5-6-8-10-13-19(28)30-22-20(25)16(23)15-17(24)21(22)26/h15H,2-14H2,1H3. The van der Waals surface area contributed by atoms with E-state index >= 15 is 0 Å². The van der Waals surface area contributed by atoms with Gasteiger partial charge in [0.05, 0.1) is 16.7 Å².